The molecular weight excluding hydrogens is 204 g/mol. The van der Waals surface area contributed by atoms with Gasteiger partial charge in [0.05, 0.1) is 6.04 Å². The zero-order valence-electron chi connectivity index (χ0n) is 7.67. The van der Waals surface area contributed by atoms with Crippen molar-refractivity contribution in [2.24, 2.45) is 0 Å². The SMILES string of the molecule is CC[C@H](NC(=O)O)[C@@H](O)c1nccs1. The van der Waals surface area contributed by atoms with Gasteiger partial charge < -0.3 is 15.5 Å². The molecule has 5 nitrogen and oxygen atoms in total. The molecule has 0 saturated heterocycles. The van der Waals surface area contributed by atoms with Crippen LogP contribution in [0.4, 0.5) is 4.79 Å². The summed E-state index contributed by atoms with van der Waals surface area (Å²) in [5, 5.41) is 22.8. The summed E-state index contributed by atoms with van der Waals surface area (Å²) >= 11 is 1.31. The van der Waals surface area contributed by atoms with Gasteiger partial charge in [-0.3, -0.25) is 0 Å². The number of aromatic nitrogens is 1. The lowest BCUT2D eigenvalue weighted by molar-refractivity contribution is 0.118. The Kier molecular flexibility index (Phi) is 3.84. The Morgan fingerprint density at radius 1 is 1.79 bits per heavy atom. The molecule has 0 radical (unpaired) electrons. The minimum absolute atomic E-state index is 0.501. The second-order valence-corrected chi connectivity index (χ2v) is 3.71. The summed E-state index contributed by atoms with van der Waals surface area (Å²) in [5.41, 5.74) is 0. The predicted molar refractivity (Wildman–Crippen MR) is 52.3 cm³/mol. The molecule has 78 valence electrons. The van der Waals surface area contributed by atoms with Crippen LogP contribution in [0, 0.1) is 0 Å². The summed E-state index contributed by atoms with van der Waals surface area (Å²) in [5.74, 6) is 0. The number of aliphatic hydroxyl groups is 1. The van der Waals surface area contributed by atoms with E-state index in [4.69, 9.17) is 5.11 Å². The summed E-state index contributed by atoms with van der Waals surface area (Å²) in [7, 11) is 0. The number of carbonyl (C=O) groups is 1. The highest BCUT2D eigenvalue weighted by Gasteiger charge is 2.22. The Morgan fingerprint density at radius 2 is 2.50 bits per heavy atom. The van der Waals surface area contributed by atoms with Gasteiger partial charge in [0.15, 0.2) is 0 Å². The molecule has 0 unspecified atom stereocenters. The molecule has 6 heteroatoms. The second kappa shape index (κ2) is 4.92. The molecule has 0 aliphatic heterocycles. The molecule has 1 aromatic heterocycles. The lowest BCUT2D eigenvalue weighted by Gasteiger charge is -2.19. The lowest BCUT2D eigenvalue weighted by atomic mass is 10.1. The van der Waals surface area contributed by atoms with E-state index in [1.165, 1.54) is 11.3 Å². The number of thiazole rings is 1. The standard InChI is InChI=1S/C8H12N2O3S/c1-2-5(10-8(12)13)6(11)7-9-3-4-14-7/h3-6,10-11H,2H2,1H3,(H,12,13)/t5-,6+/m0/s1. The monoisotopic (exact) mass is 216 g/mol. The van der Waals surface area contributed by atoms with E-state index in [0.717, 1.165) is 0 Å². The quantitative estimate of drug-likeness (QED) is 0.706. The number of nitrogens with zero attached hydrogens (tertiary/aromatic N) is 1. The Balaban J connectivity index is 2.65. The third-order valence-corrected chi connectivity index (χ3v) is 2.68. The van der Waals surface area contributed by atoms with Gasteiger partial charge in [-0.15, -0.1) is 11.3 Å². The average molecular weight is 216 g/mol. The van der Waals surface area contributed by atoms with E-state index < -0.39 is 18.2 Å². The van der Waals surface area contributed by atoms with Gasteiger partial charge >= 0.3 is 6.09 Å². The van der Waals surface area contributed by atoms with Crippen LogP contribution in [0.3, 0.4) is 0 Å². The first kappa shape index (κ1) is 10.9. The summed E-state index contributed by atoms with van der Waals surface area (Å²) in [6.07, 6.45) is 0.104. The van der Waals surface area contributed by atoms with Crippen LogP contribution >= 0.6 is 11.3 Å². The van der Waals surface area contributed by atoms with Gasteiger partial charge in [0.1, 0.15) is 11.1 Å². The summed E-state index contributed by atoms with van der Waals surface area (Å²) < 4.78 is 0. The fourth-order valence-electron chi connectivity index (χ4n) is 1.12. The molecule has 14 heavy (non-hydrogen) atoms. The molecule has 0 aliphatic carbocycles. The van der Waals surface area contributed by atoms with Crippen LogP contribution in [0.15, 0.2) is 11.6 Å². The van der Waals surface area contributed by atoms with Gasteiger partial charge in [0, 0.05) is 11.6 Å². The largest absolute Gasteiger partial charge is 0.465 e. The van der Waals surface area contributed by atoms with Gasteiger partial charge in [-0.05, 0) is 6.42 Å². The smallest absolute Gasteiger partial charge is 0.404 e. The van der Waals surface area contributed by atoms with E-state index in [-0.39, 0.29) is 0 Å². The third kappa shape index (κ3) is 2.68. The van der Waals surface area contributed by atoms with Gasteiger partial charge in [-0.25, -0.2) is 9.78 Å². The number of nitrogens with one attached hydrogen (secondary N) is 1. The summed E-state index contributed by atoms with van der Waals surface area (Å²) in [4.78, 5) is 14.3. The fraction of sp³-hybridized carbons (Fsp3) is 0.500. The van der Waals surface area contributed by atoms with Crippen molar-refractivity contribution in [2.75, 3.05) is 0 Å². The van der Waals surface area contributed by atoms with E-state index in [0.29, 0.717) is 11.4 Å². The second-order valence-electron chi connectivity index (χ2n) is 2.78. The van der Waals surface area contributed by atoms with Crippen molar-refractivity contribution in [3.05, 3.63) is 16.6 Å². The molecule has 0 spiro atoms. The molecule has 0 aromatic carbocycles. The van der Waals surface area contributed by atoms with E-state index >= 15 is 0 Å². The zero-order chi connectivity index (χ0) is 10.6. The summed E-state index contributed by atoms with van der Waals surface area (Å²) in [6.45, 7) is 1.80. The van der Waals surface area contributed by atoms with Crippen LogP contribution in [0.1, 0.15) is 24.5 Å². The zero-order valence-corrected chi connectivity index (χ0v) is 8.49. The molecule has 0 fully saturated rings. The molecule has 3 N–H and O–H groups in total. The number of hydrogen-bond donors (Lipinski definition) is 3. The maximum absolute atomic E-state index is 10.4. The minimum atomic E-state index is -1.13. The van der Waals surface area contributed by atoms with Crippen molar-refractivity contribution >= 4 is 17.4 Å². The first-order valence-electron chi connectivity index (χ1n) is 4.22. The molecular formula is C8H12N2O3S. The number of amides is 1. The Morgan fingerprint density at radius 3 is 2.93 bits per heavy atom. The van der Waals surface area contributed by atoms with Crippen LogP contribution in [-0.4, -0.2) is 27.3 Å². The molecule has 0 bridgehead atoms. The molecule has 0 saturated carbocycles. The van der Waals surface area contributed by atoms with E-state index in [1.54, 1.807) is 18.5 Å². The van der Waals surface area contributed by atoms with Gasteiger partial charge in [-0.2, -0.15) is 0 Å². The topological polar surface area (TPSA) is 82.5 Å². The van der Waals surface area contributed by atoms with E-state index in [1.807, 2.05) is 0 Å². The predicted octanol–water partition coefficient (Wildman–Crippen LogP) is 1.22. The number of carboxylic acid groups (broad SMARTS) is 1. The average Bonchev–Trinajstić information content (AvgIpc) is 2.65. The number of hydrogen-bond acceptors (Lipinski definition) is 4. The molecule has 1 rings (SSSR count). The van der Waals surface area contributed by atoms with Crippen molar-refractivity contribution in [3.63, 3.8) is 0 Å². The van der Waals surface area contributed by atoms with Crippen molar-refractivity contribution in [3.8, 4) is 0 Å². The molecule has 2 atom stereocenters. The molecule has 0 aliphatic rings. The highest BCUT2D eigenvalue weighted by molar-refractivity contribution is 7.09. The van der Waals surface area contributed by atoms with Crippen LogP contribution in [-0.2, 0) is 0 Å². The van der Waals surface area contributed by atoms with Crippen LogP contribution in [0.2, 0.25) is 0 Å². The van der Waals surface area contributed by atoms with Gasteiger partial charge in [0.2, 0.25) is 0 Å². The maximum atomic E-state index is 10.4. The number of aliphatic hydroxyl groups excluding tert-OH is 1. The number of rotatable bonds is 4. The van der Waals surface area contributed by atoms with Crippen molar-refractivity contribution in [2.45, 2.75) is 25.5 Å². The van der Waals surface area contributed by atoms with Crippen LogP contribution in [0.25, 0.3) is 0 Å². The van der Waals surface area contributed by atoms with Gasteiger partial charge in [-0.1, -0.05) is 6.92 Å². The van der Waals surface area contributed by atoms with Gasteiger partial charge in [0.25, 0.3) is 0 Å². The highest BCUT2D eigenvalue weighted by Crippen LogP contribution is 2.20. The van der Waals surface area contributed by atoms with Crippen LogP contribution < -0.4 is 5.32 Å². The van der Waals surface area contributed by atoms with Crippen molar-refractivity contribution in [1.82, 2.24) is 10.3 Å². The molecule has 1 heterocycles. The van der Waals surface area contributed by atoms with Crippen molar-refractivity contribution in [1.29, 1.82) is 0 Å². The van der Waals surface area contributed by atoms with E-state index in [9.17, 15) is 9.90 Å². The molecule has 1 aromatic rings. The molecule has 1 amide bonds. The first-order valence-corrected chi connectivity index (χ1v) is 5.10. The normalized spacial score (nSPS) is 14.7. The maximum Gasteiger partial charge on any atom is 0.404 e. The Hall–Kier alpha value is -1.14. The van der Waals surface area contributed by atoms with E-state index in [2.05, 4.69) is 10.3 Å². The summed E-state index contributed by atoms with van der Waals surface area (Å²) in [6, 6.07) is -0.501. The fourth-order valence-corrected chi connectivity index (χ4v) is 1.80. The third-order valence-electron chi connectivity index (χ3n) is 1.83. The Labute approximate surface area is 85.4 Å². The lowest BCUT2D eigenvalue weighted by Crippen LogP contribution is -2.37. The highest BCUT2D eigenvalue weighted by atomic mass is 32.1. The first-order chi connectivity index (χ1) is 6.65. The Bertz CT molecular complexity index is 289. The van der Waals surface area contributed by atoms with Crippen molar-refractivity contribution < 1.29 is 15.0 Å². The minimum Gasteiger partial charge on any atom is -0.465 e. The van der Waals surface area contributed by atoms with Crippen LogP contribution in [0.5, 0.6) is 0 Å².